The summed E-state index contributed by atoms with van der Waals surface area (Å²) < 4.78 is 0. The highest BCUT2D eigenvalue weighted by Crippen LogP contribution is 2.34. The lowest BCUT2D eigenvalue weighted by molar-refractivity contribution is 0.207. The first-order valence-corrected chi connectivity index (χ1v) is 6.46. The molecular weight excluding hydrogens is 250 g/mol. The van der Waals surface area contributed by atoms with Gasteiger partial charge in [-0.25, -0.2) is 0 Å². The molecule has 2 aromatic carbocycles. The number of allylic oxidation sites excluding steroid dienone is 1. The van der Waals surface area contributed by atoms with Gasteiger partial charge in [0.05, 0.1) is 0 Å². The maximum atomic E-state index is 10.2. The average molecular weight is 265 g/mol. The number of nitrogens with one attached hydrogen (secondary N) is 1. The van der Waals surface area contributed by atoms with E-state index in [2.05, 4.69) is 5.32 Å². The minimum atomic E-state index is -0.844. The van der Waals surface area contributed by atoms with E-state index in [0.717, 1.165) is 11.1 Å². The van der Waals surface area contributed by atoms with Gasteiger partial charge in [-0.15, -0.1) is 0 Å². The average Bonchev–Trinajstić information content (AvgIpc) is 2.51. The van der Waals surface area contributed by atoms with E-state index in [1.807, 2.05) is 60.7 Å². The summed E-state index contributed by atoms with van der Waals surface area (Å²) in [5.74, 6) is 0.125. The third-order valence-electron chi connectivity index (χ3n) is 3.32. The molecule has 0 aliphatic carbocycles. The molecule has 2 aromatic rings. The molecule has 1 aliphatic heterocycles. The normalized spacial score (nSPS) is 18.4. The number of benzene rings is 2. The van der Waals surface area contributed by atoms with Crippen LogP contribution in [0.2, 0.25) is 0 Å². The summed E-state index contributed by atoms with van der Waals surface area (Å²) in [6.45, 7) is 0. The van der Waals surface area contributed by atoms with Gasteiger partial charge in [0.2, 0.25) is 0 Å². The zero-order valence-corrected chi connectivity index (χ0v) is 10.8. The van der Waals surface area contributed by atoms with E-state index < -0.39 is 6.23 Å². The van der Waals surface area contributed by atoms with Gasteiger partial charge < -0.3 is 15.5 Å². The molecule has 3 rings (SSSR count). The Balaban J connectivity index is 2.24. The number of aliphatic hydroxyl groups is 2. The van der Waals surface area contributed by atoms with E-state index in [4.69, 9.17) is 0 Å². The first kappa shape index (κ1) is 12.5. The van der Waals surface area contributed by atoms with Gasteiger partial charge >= 0.3 is 0 Å². The molecule has 0 amide bonds. The SMILES string of the molecule is OC1=CNC(O)C(c2ccccc2)=C1c1ccccc1. The van der Waals surface area contributed by atoms with Gasteiger partial charge in [0.1, 0.15) is 5.76 Å². The lowest BCUT2D eigenvalue weighted by Crippen LogP contribution is -2.30. The summed E-state index contributed by atoms with van der Waals surface area (Å²) in [4.78, 5) is 0. The van der Waals surface area contributed by atoms with Crippen molar-refractivity contribution in [2.45, 2.75) is 6.23 Å². The molecule has 3 nitrogen and oxygen atoms in total. The van der Waals surface area contributed by atoms with Gasteiger partial charge in [-0.05, 0) is 11.1 Å². The van der Waals surface area contributed by atoms with Gasteiger partial charge in [0.15, 0.2) is 6.23 Å². The van der Waals surface area contributed by atoms with Crippen molar-refractivity contribution in [3.63, 3.8) is 0 Å². The maximum Gasteiger partial charge on any atom is 0.151 e. The first-order chi connectivity index (χ1) is 9.77. The number of rotatable bonds is 2. The zero-order valence-electron chi connectivity index (χ0n) is 10.8. The summed E-state index contributed by atoms with van der Waals surface area (Å²) >= 11 is 0. The minimum Gasteiger partial charge on any atom is -0.506 e. The Labute approximate surface area is 117 Å². The second-order valence-corrected chi connectivity index (χ2v) is 4.62. The standard InChI is InChI=1S/C17H15NO2/c19-14-11-18-17(20)16(13-9-5-2-6-10-13)15(14)12-7-3-1-4-8-12/h1-11,17-20H. The molecule has 0 bridgehead atoms. The topological polar surface area (TPSA) is 52.5 Å². The van der Waals surface area contributed by atoms with Crippen LogP contribution in [0.4, 0.5) is 0 Å². The highest BCUT2D eigenvalue weighted by Gasteiger charge is 2.24. The Morgan fingerprint density at radius 3 is 1.95 bits per heavy atom. The molecule has 1 aliphatic rings. The lowest BCUT2D eigenvalue weighted by Gasteiger charge is -2.25. The Hall–Kier alpha value is -2.52. The molecule has 20 heavy (non-hydrogen) atoms. The molecule has 0 saturated heterocycles. The van der Waals surface area contributed by atoms with Crippen LogP contribution in [-0.2, 0) is 0 Å². The molecule has 0 radical (unpaired) electrons. The van der Waals surface area contributed by atoms with E-state index in [0.29, 0.717) is 11.1 Å². The van der Waals surface area contributed by atoms with Crippen molar-refractivity contribution in [1.82, 2.24) is 5.32 Å². The Bertz CT molecular complexity index is 660. The maximum absolute atomic E-state index is 10.2. The fourth-order valence-electron chi connectivity index (χ4n) is 2.42. The van der Waals surface area contributed by atoms with Gasteiger partial charge in [0.25, 0.3) is 0 Å². The highest BCUT2D eigenvalue weighted by atomic mass is 16.3. The summed E-state index contributed by atoms with van der Waals surface area (Å²) in [5.41, 5.74) is 3.09. The molecule has 0 saturated carbocycles. The second kappa shape index (κ2) is 5.23. The van der Waals surface area contributed by atoms with Crippen LogP contribution in [0.5, 0.6) is 0 Å². The molecule has 3 N–H and O–H groups in total. The zero-order chi connectivity index (χ0) is 13.9. The van der Waals surface area contributed by atoms with Crippen LogP contribution in [-0.4, -0.2) is 16.4 Å². The van der Waals surface area contributed by atoms with Crippen LogP contribution in [0.1, 0.15) is 11.1 Å². The third kappa shape index (κ3) is 2.19. The van der Waals surface area contributed by atoms with E-state index in [9.17, 15) is 10.2 Å². The van der Waals surface area contributed by atoms with Gasteiger partial charge in [0, 0.05) is 17.3 Å². The van der Waals surface area contributed by atoms with Crippen molar-refractivity contribution >= 4 is 11.1 Å². The van der Waals surface area contributed by atoms with E-state index >= 15 is 0 Å². The summed E-state index contributed by atoms with van der Waals surface area (Å²) in [6.07, 6.45) is 0.586. The molecule has 0 spiro atoms. The summed E-state index contributed by atoms with van der Waals surface area (Å²) in [5, 5.41) is 23.2. The van der Waals surface area contributed by atoms with Crippen molar-refractivity contribution in [3.05, 3.63) is 83.7 Å². The molecule has 100 valence electrons. The lowest BCUT2D eigenvalue weighted by atomic mass is 9.90. The van der Waals surface area contributed by atoms with Crippen molar-refractivity contribution in [2.24, 2.45) is 0 Å². The largest absolute Gasteiger partial charge is 0.506 e. The summed E-state index contributed by atoms with van der Waals surface area (Å²) in [6, 6.07) is 19.2. The number of dihydropyridines is 1. The fraction of sp³-hybridized carbons (Fsp3) is 0.0588. The molecule has 1 unspecified atom stereocenters. The van der Waals surface area contributed by atoms with Crippen LogP contribution in [0.25, 0.3) is 11.1 Å². The van der Waals surface area contributed by atoms with Crippen LogP contribution in [0, 0.1) is 0 Å². The predicted molar refractivity (Wildman–Crippen MR) is 79.6 cm³/mol. The molecule has 0 fully saturated rings. The molecule has 3 heteroatoms. The smallest absolute Gasteiger partial charge is 0.151 e. The monoisotopic (exact) mass is 265 g/mol. The first-order valence-electron chi connectivity index (χ1n) is 6.46. The number of hydrogen-bond donors (Lipinski definition) is 3. The van der Waals surface area contributed by atoms with E-state index in [-0.39, 0.29) is 5.76 Å². The Morgan fingerprint density at radius 2 is 1.35 bits per heavy atom. The predicted octanol–water partition coefficient (Wildman–Crippen LogP) is 2.92. The van der Waals surface area contributed by atoms with Crippen LogP contribution in [0.3, 0.4) is 0 Å². The quantitative estimate of drug-likeness (QED) is 0.782. The van der Waals surface area contributed by atoms with Gasteiger partial charge in [-0.2, -0.15) is 0 Å². The van der Waals surface area contributed by atoms with Crippen molar-refractivity contribution < 1.29 is 10.2 Å². The summed E-state index contributed by atoms with van der Waals surface area (Å²) in [7, 11) is 0. The third-order valence-corrected chi connectivity index (χ3v) is 3.32. The highest BCUT2D eigenvalue weighted by molar-refractivity contribution is 5.99. The van der Waals surface area contributed by atoms with Crippen molar-refractivity contribution in [2.75, 3.05) is 0 Å². The fourth-order valence-corrected chi connectivity index (χ4v) is 2.42. The van der Waals surface area contributed by atoms with Gasteiger partial charge in [-0.3, -0.25) is 0 Å². The molecule has 1 heterocycles. The van der Waals surface area contributed by atoms with E-state index in [1.54, 1.807) is 0 Å². The van der Waals surface area contributed by atoms with Crippen molar-refractivity contribution in [3.8, 4) is 0 Å². The second-order valence-electron chi connectivity index (χ2n) is 4.62. The molecule has 0 aromatic heterocycles. The molecular formula is C17H15NO2. The van der Waals surface area contributed by atoms with Crippen LogP contribution < -0.4 is 5.32 Å². The number of hydrogen-bond acceptors (Lipinski definition) is 3. The van der Waals surface area contributed by atoms with Crippen molar-refractivity contribution in [1.29, 1.82) is 0 Å². The Kier molecular flexibility index (Phi) is 3.27. The van der Waals surface area contributed by atoms with Crippen LogP contribution >= 0.6 is 0 Å². The van der Waals surface area contributed by atoms with Crippen LogP contribution in [0.15, 0.2) is 72.6 Å². The Morgan fingerprint density at radius 1 is 0.800 bits per heavy atom. The number of aliphatic hydroxyl groups excluding tert-OH is 2. The van der Waals surface area contributed by atoms with Gasteiger partial charge in [-0.1, -0.05) is 60.7 Å². The van der Waals surface area contributed by atoms with E-state index in [1.165, 1.54) is 6.20 Å². The molecule has 1 atom stereocenters. The minimum absolute atomic E-state index is 0.125.